The lowest BCUT2D eigenvalue weighted by Gasteiger charge is -2.23. The Morgan fingerprint density at radius 2 is 1.73 bits per heavy atom. The van der Waals surface area contributed by atoms with Crippen LogP contribution in [0.3, 0.4) is 0 Å². The van der Waals surface area contributed by atoms with Gasteiger partial charge in [0.15, 0.2) is 0 Å². The van der Waals surface area contributed by atoms with E-state index >= 15 is 0 Å². The number of likely N-dealkylation sites (N-methyl/N-ethyl adjacent to an activating group) is 1. The minimum Gasteiger partial charge on any atom is -0.467 e. The molecule has 0 radical (unpaired) electrons. The lowest BCUT2D eigenvalue weighted by molar-refractivity contribution is -0.129. The molecule has 33 heavy (non-hydrogen) atoms. The maximum Gasteiger partial charge on any atom is 0.268 e. The van der Waals surface area contributed by atoms with Crippen LogP contribution in [0.1, 0.15) is 32.1 Å². The van der Waals surface area contributed by atoms with Crippen molar-refractivity contribution in [1.82, 2.24) is 4.90 Å². The van der Waals surface area contributed by atoms with Gasteiger partial charge in [0.1, 0.15) is 5.76 Å². The molecule has 2 aromatic heterocycles. The highest BCUT2D eigenvalue weighted by Crippen LogP contribution is 2.23. The van der Waals surface area contributed by atoms with Crippen molar-refractivity contribution < 1.29 is 14.0 Å². The van der Waals surface area contributed by atoms with Crippen LogP contribution >= 0.6 is 11.3 Å². The van der Waals surface area contributed by atoms with Gasteiger partial charge in [-0.25, -0.2) is 0 Å². The molecule has 2 aromatic carbocycles. The van der Waals surface area contributed by atoms with Crippen LogP contribution < -0.4 is 4.90 Å². The third kappa shape index (κ3) is 5.79. The summed E-state index contributed by atoms with van der Waals surface area (Å²) in [5, 5.41) is 1.91. The zero-order valence-corrected chi connectivity index (χ0v) is 19.5. The number of benzene rings is 2. The van der Waals surface area contributed by atoms with Gasteiger partial charge in [-0.2, -0.15) is 0 Å². The Kier molecular flexibility index (Phi) is 7.05. The van der Waals surface area contributed by atoms with Crippen molar-refractivity contribution in [3.63, 3.8) is 0 Å². The fraction of sp³-hybridized carbons (Fsp3) is 0.185. The summed E-state index contributed by atoms with van der Waals surface area (Å²) in [6, 6.07) is 23.2. The highest BCUT2D eigenvalue weighted by atomic mass is 32.1. The third-order valence-corrected chi connectivity index (χ3v) is 6.26. The van der Waals surface area contributed by atoms with E-state index in [-0.39, 0.29) is 18.2 Å². The van der Waals surface area contributed by atoms with Gasteiger partial charge >= 0.3 is 0 Å². The van der Waals surface area contributed by atoms with E-state index in [2.05, 4.69) is 6.07 Å². The second kappa shape index (κ2) is 10.3. The van der Waals surface area contributed by atoms with E-state index in [0.717, 1.165) is 28.1 Å². The molecule has 2 amide bonds. The van der Waals surface area contributed by atoms with Crippen molar-refractivity contribution in [3.8, 4) is 0 Å². The molecule has 0 spiro atoms. The topological polar surface area (TPSA) is 53.8 Å². The Morgan fingerprint density at radius 1 is 0.909 bits per heavy atom. The fourth-order valence-electron chi connectivity index (χ4n) is 3.63. The summed E-state index contributed by atoms with van der Waals surface area (Å²) in [4.78, 5) is 30.0. The lowest BCUT2D eigenvalue weighted by Crippen LogP contribution is -2.30. The third-order valence-electron chi connectivity index (χ3n) is 5.40. The Bertz CT molecular complexity index is 1200. The molecule has 4 aromatic rings. The van der Waals surface area contributed by atoms with E-state index in [9.17, 15) is 9.59 Å². The molecule has 0 bridgehead atoms. The van der Waals surface area contributed by atoms with E-state index in [1.54, 1.807) is 23.1 Å². The van der Waals surface area contributed by atoms with E-state index in [1.165, 1.54) is 11.3 Å². The second-order valence-corrected chi connectivity index (χ2v) is 8.98. The molecule has 6 heteroatoms. The number of anilines is 1. The minimum atomic E-state index is -0.0338. The number of furan rings is 1. The number of thiophene rings is 1. The molecule has 0 atom stereocenters. The van der Waals surface area contributed by atoms with Gasteiger partial charge in [-0.15, -0.1) is 11.3 Å². The predicted molar refractivity (Wildman–Crippen MR) is 131 cm³/mol. The van der Waals surface area contributed by atoms with Crippen LogP contribution in [0.5, 0.6) is 0 Å². The van der Waals surface area contributed by atoms with Gasteiger partial charge < -0.3 is 14.2 Å². The molecule has 0 fully saturated rings. The molecule has 0 N–H and O–H groups in total. The van der Waals surface area contributed by atoms with Crippen LogP contribution in [0.25, 0.3) is 0 Å². The molecular formula is C27H26N2O3S. The maximum atomic E-state index is 13.3. The molecule has 0 saturated heterocycles. The van der Waals surface area contributed by atoms with Crippen LogP contribution in [-0.2, 0) is 24.3 Å². The van der Waals surface area contributed by atoms with E-state index in [4.69, 9.17) is 4.42 Å². The molecular weight excluding hydrogens is 432 g/mol. The molecule has 0 saturated carbocycles. The van der Waals surface area contributed by atoms with E-state index < -0.39 is 0 Å². The van der Waals surface area contributed by atoms with Crippen LogP contribution in [0.15, 0.2) is 88.9 Å². The summed E-state index contributed by atoms with van der Waals surface area (Å²) < 4.78 is 5.33. The van der Waals surface area contributed by atoms with Crippen LogP contribution in [0.4, 0.5) is 5.69 Å². The first-order valence-corrected chi connectivity index (χ1v) is 11.6. The Balaban J connectivity index is 1.50. The molecule has 0 aliphatic carbocycles. The minimum absolute atomic E-state index is 0.00503. The Hall–Kier alpha value is -3.64. The van der Waals surface area contributed by atoms with Crippen molar-refractivity contribution >= 4 is 28.8 Å². The largest absolute Gasteiger partial charge is 0.467 e. The first-order valence-electron chi connectivity index (χ1n) is 10.8. The standard InChI is InChI=1S/C27H26N2O3S/c1-20-6-3-7-22(16-20)18-29(27(31)25-9-5-15-33-25)23-12-10-21(11-13-23)17-26(30)28(2)19-24-8-4-14-32-24/h3-16H,17-19H2,1-2H3. The summed E-state index contributed by atoms with van der Waals surface area (Å²) in [7, 11) is 1.77. The van der Waals surface area contributed by atoms with Gasteiger partial charge in [-0.1, -0.05) is 48.0 Å². The number of amides is 2. The zero-order valence-electron chi connectivity index (χ0n) is 18.7. The molecule has 4 rings (SSSR count). The summed E-state index contributed by atoms with van der Waals surface area (Å²) in [5.41, 5.74) is 3.92. The van der Waals surface area contributed by atoms with Gasteiger partial charge in [0.25, 0.3) is 5.91 Å². The summed E-state index contributed by atoms with van der Waals surface area (Å²) in [6.07, 6.45) is 1.89. The molecule has 0 aliphatic rings. The highest BCUT2D eigenvalue weighted by molar-refractivity contribution is 7.12. The Morgan fingerprint density at radius 3 is 2.39 bits per heavy atom. The summed E-state index contributed by atoms with van der Waals surface area (Å²) >= 11 is 1.43. The number of carbonyl (C=O) groups is 2. The monoisotopic (exact) mass is 458 g/mol. The van der Waals surface area contributed by atoms with Crippen molar-refractivity contribution in [1.29, 1.82) is 0 Å². The highest BCUT2D eigenvalue weighted by Gasteiger charge is 2.20. The normalized spacial score (nSPS) is 10.7. The molecule has 2 heterocycles. The zero-order chi connectivity index (χ0) is 23.2. The SMILES string of the molecule is Cc1cccc(CN(C(=O)c2cccs2)c2ccc(CC(=O)N(C)Cc3ccco3)cc2)c1. The van der Waals surface area contributed by atoms with Gasteiger partial charge in [-0.3, -0.25) is 9.59 Å². The van der Waals surface area contributed by atoms with Gasteiger partial charge in [0, 0.05) is 12.7 Å². The van der Waals surface area contributed by atoms with Crippen molar-refractivity contribution in [2.75, 3.05) is 11.9 Å². The predicted octanol–water partition coefficient (Wildman–Crippen LogP) is 5.70. The van der Waals surface area contributed by atoms with Crippen molar-refractivity contribution in [2.24, 2.45) is 0 Å². The first kappa shape index (κ1) is 22.6. The maximum absolute atomic E-state index is 13.3. The molecule has 0 aliphatic heterocycles. The number of hydrogen-bond acceptors (Lipinski definition) is 4. The van der Waals surface area contributed by atoms with Crippen molar-refractivity contribution in [3.05, 3.63) is 112 Å². The molecule has 168 valence electrons. The number of nitrogens with zero attached hydrogens (tertiary/aromatic N) is 2. The number of hydrogen-bond donors (Lipinski definition) is 0. The van der Waals surface area contributed by atoms with E-state index in [0.29, 0.717) is 18.0 Å². The smallest absolute Gasteiger partial charge is 0.268 e. The van der Waals surface area contributed by atoms with E-state index in [1.807, 2.05) is 79.0 Å². The van der Waals surface area contributed by atoms with Crippen LogP contribution in [-0.4, -0.2) is 23.8 Å². The average molecular weight is 459 g/mol. The Labute approximate surface area is 197 Å². The van der Waals surface area contributed by atoms with Crippen LogP contribution in [0, 0.1) is 6.92 Å². The first-order chi connectivity index (χ1) is 16.0. The van der Waals surface area contributed by atoms with Crippen molar-refractivity contribution in [2.45, 2.75) is 26.4 Å². The average Bonchev–Trinajstić information content (AvgIpc) is 3.52. The number of carbonyl (C=O) groups excluding carboxylic acids is 2. The molecule has 0 unspecified atom stereocenters. The number of rotatable bonds is 8. The quantitative estimate of drug-likeness (QED) is 0.340. The second-order valence-electron chi connectivity index (χ2n) is 8.03. The summed E-state index contributed by atoms with van der Waals surface area (Å²) in [6.45, 7) is 2.95. The van der Waals surface area contributed by atoms with Crippen LogP contribution in [0.2, 0.25) is 0 Å². The molecule has 5 nitrogen and oxygen atoms in total. The summed E-state index contributed by atoms with van der Waals surface area (Å²) in [5.74, 6) is 0.721. The fourth-order valence-corrected chi connectivity index (χ4v) is 4.31. The van der Waals surface area contributed by atoms with Gasteiger partial charge in [-0.05, 0) is 53.8 Å². The van der Waals surface area contributed by atoms with Gasteiger partial charge in [0.2, 0.25) is 5.91 Å². The van der Waals surface area contributed by atoms with Gasteiger partial charge in [0.05, 0.1) is 30.7 Å². The number of aryl methyl sites for hydroxylation is 1. The lowest BCUT2D eigenvalue weighted by atomic mass is 10.1.